The molecule has 1 aromatic carbocycles. The van der Waals surface area contributed by atoms with Crippen molar-refractivity contribution in [2.45, 2.75) is 46.0 Å². The molecule has 2 unspecified atom stereocenters. The summed E-state index contributed by atoms with van der Waals surface area (Å²) in [4.78, 5) is 19.0. The van der Waals surface area contributed by atoms with Gasteiger partial charge in [-0.3, -0.25) is 9.79 Å². The van der Waals surface area contributed by atoms with Gasteiger partial charge < -0.3 is 15.5 Å². The van der Waals surface area contributed by atoms with Crippen molar-refractivity contribution in [1.82, 2.24) is 15.5 Å². The molecule has 1 aromatic rings. The highest BCUT2D eigenvalue weighted by Crippen LogP contribution is 2.36. The van der Waals surface area contributed by atoms with Crippen LogP contribution in [0.25, 0.3) is 0 Å². The highest BCUT2D eigenvalue weighted by molar-refractivity contribution is 5.81. The van der Waals surface area contributed by atoms with Crippen LogP contribution in [-0.2, 0) is 4.79 Å². The van der Waals surface area contributed by atoms with Crippen LogP contribution in [0.3, 0.4) is 0 Å². The Kier molecular flexibility index (Phi) is 5.84. The van der Waals surface area contributed by atoms with Gasteiger partial charge in [-0.2, -0.15) is 0 Å². The summed E-state index contributed by atoms with van der Waals surface area (Å²) in [6, 6.07) is 8.74. The Morgan fingerprint density at radius 1 is 1.38 bits per heavy atom. The second kappa shape index (κ2) is 8.11. The minimum absolute atomic E-state index is 0.0914. The van der Waals surface area contributed by atoms with Gasteiger partial charge in [-0.25, -0.2) is 0 Å². The summed E-state index contributed by atoms with van der Waals surface area (Å²) < 4.78 is 0. The van der Waals surface area contributed by atoms with E-state index in [1.54, 1.807) is 0 Å². The van der Waals surface area contributed by atoms with Crippen LogP contribution in [0.2, 0.25) is 0 Å². The van der Waals surface area contributed by atoms with Gasteiger partial charge in [0.15, 0.2) is 5.96 Å². The van der Waals surface area contributed by atoms with E-state index in [-0.39, 0.29) is 11.3 Å². The molecule has 2 aliphatic heterocycles. The molecule has 2 atom stereocenters. The van der Waals surface area contributed by atoms with Crippen molar-refractivity contribution in [3.05, 3.63) is 35.4 Å². The lowest BCUT2D eigenvalue weighted by atomic mass is 9.79. The van der Waals surface area contributed by atoms with E-state index >= 15 is 0 Å². The van der Waals surface area contributed by atoms with Crippen LogP contribution >= 0.6 is 0 Å². The van der Waals surface area contributed by atoms with E-state index in [9.17, 15) is 4.79 Å². The third-order valence-electron chi connectivity index (χ3n) is 5.65. The van der Waals surface area contributed by atoms with E-state index in [0.29, 0.717) is 12.3 Å². The third kappa shape index (κ3) is 4.37. The maximum atomic E-state index is 11.7. The predicted molar refractivity (Wildman–Crippen MR) is 106 cm³/mol. The largest absolute Gasteiger partial charge is 0.357 e. The molecular weight excluding hydrogens is 324 g/mol. The van der Waals surface area contributed by atoms with Gasteiger partial charge in [-0.05, 0) is 32.3 Å². The maximum Gasteiger partial charge on any atom is 0.220 e. The van der Waals surface area contributed by atoms with Crippen LogP contribution in [0.15, 0.2) is 29.3 Å². The van der Waals surface area contributed by atoms with Gasteiger partial charge in [-0.15, -0.1) is 0 Å². The van der Waals surface area contributed by atoms with E-state index in [0.717, 1.165) is 51.5 Å². The SMILES string of the molecule is CCNC(=NCC(C)c1ccc(C)cc1)N1CCCC2(CNC(=O)C2)C1. The number of likely N-dealkylation sites (tertiary alicyclic amines) is 1. The first-order valence-corrected chi connectivity index (χ1v) is 9.88. The second-order valence-corrected chi connectivity index (χ2v) is 7.98. The van der Waals surface area contributed by atoms with Gasteiger partial charge in [0.05, 0.1) is 0 Å². The smallest absolute Gasteiger partial charge is 0.220 e. The summed E-state index contributed by atoms with van der Waals surface area (Å²) in [7, 11) is 0. The number of rotatable bonds is 4. The Labute approximate surface area is 157 Å². The number of carbonyl (C=O) groups excluding carboxylic acids is 1. The number of hydrogen-bond donors (Lipinski definition) is 2. The molecule has 5 heteroatoms. The Bertz CT molecular complexity index is 654. The first kappa shape index (κ1) is 18.7. The summed E-state index contributed by atoms with van der Waals surface area (Å²) in [5.74, 6) is 1.57. The molecule has 0 radical (unpaired) electrons. The molecule has 2 N–H and O–H groups in total. The van der Waals surface area contributed by atoms with Crippen LogP contribution in [0.4, 0.5) is 0 Å². The molecule has 3 rings (SSSR count). The number of piperidine rings is 1. The Morgan fingerprint density at radius 2 is 2.15 bits per heavy atom. The first-order chi connectivity index (χ1) is 12.5. The van der Waals surface area contributed by atoms with Crippen LogP contribution in [0.5, 0.6) is 0 Å². The van der Waals surface area contributed by atoms with Crippen LogP contribution in [0, 0.1) is 12.3 Å². The van der Waals surface area contributed by atoms with E-state index in [2.05, 4.69) is 60.6 Å². The van der Waals surface area contributed by atoms with E-state index in [1.807, 2.05) is 0 Å². The normalized spacial score (nSPS) is 24.7. The minimum Gasteiger partial charge on any atom is -0.357 e. The molecule has 142 valence electrons. The quantitative estimate of drug-likeness (QED) is 0.644. The number of aryl methyl sites for hydroxylation is 1. The van der Waals surface area contributed by atoms with E-state index in [1.165, 1.54) is 11.1 Å². The van der Waals surface area contributed by atoms with Crippen LogP contribution in [-0.4, -0.2) is 49.5 Å². The lowest BCUT2D eigenvalue weighted by Gasteiger charge is -2.40. The molecule has 1 amide bonds. The van der Waals surface area contributed by atoms with Crippen molar-refractivity contribution in [3.63, 3.8) is 0 Å². The average Bonchev–Trinajstić information content (AvgIpc) is 2.98. The van der Waals surface area contributed by atoms with Crippen LogP contribution in [0.1, 0.15) is 50.2 Å². The molecule has 2 heterocycles. The molecule has 0 aromatic heterocycles. The maximum absolute atomic E-state index is 11.7. The van der Waals surface area contributed by atoms with Crippen LogP contribution < -0.4 is 10.6 Å². The highest BCUT2D eigenvalue weighted by Gasteiger charge is 2.42. The molecular formula is C21H32N4O. The van der Waals surface area contributed by atoms with E-state index < -0.39 is 0 Å². The number of hydrogen-bond acceptors (Lipinski definition) is 2. The van der Waals surface area contributed by atoms with Crippen molar-refractivity contribution in [1.29, 1.82) is 0 Å². The fraction of sp³-hybridized carbons (Fsp3) is 0.619. The molecule has 1 spiro atoms. The lowest BCUT2D eigenvalue weighted by Crippen LogP contribution is -2.51. The lowest BCUT2D eigenvalue weighted by molar-refractivity contribution is -0.119. The van der Waals surface area contributed by atoms with E-state index in [4.69, 9.17) is 4.99 Å². The van der Waals surface area contributed by atoms with Crippen molar-refractivity contribution in [3.8, 4) is 0 Å². The number of amides is 1. The molecule has 0 saturated carbocycles. The van der Waals surface area contributed by atoms with Gasteiger partial charge in [0.25, 0.3) is 0 Å². The second-order valence-electron chi connectivity index (χ2n) is 7.98. The summed E-state index contributed by atoms with van der Waals surface area (Å²) >= 11 is 0. The van der Waals surface area contributed by atoms with Gasteiger partial charge in [0.1, 0.15) is 0 Å². The fourth-order valence-corrected chi connectivity index (χ4v) is 4.08. The summed E-state index contributed by atoms with van der Waals surface area (Å²) in [6.07, 6.45) is 2.90. The number of carbonyl (C=O) groups is 1. The topological polar surface area (TPSA) is 56.7 Å². The Morgan fingerprint density at radius 3 is 2.81 bits per heavy atom. The summed E-state index contributed by atoms with van der Waals surface area (Å²) in [5.41, 5.74) is 2.71. The number of aliphatic imine (C=N–C) groups is 1. The highest BCUT2D eigenvalue weighted by atomic mass is 16.1. The molecule has 2 aliphatic rings. The zero-order valence-electron chi connectivity index (χ0n) is 16.3. The summed E-state index contributed by atoms with van der Waals surface area (Å²) in [6.45, 7) is 10.8. The fourth-order valence-electron chi connectivity index (χ4n) is 4.08. The molecule has 0 bridgehead atoms. The number of nitrogens with one attached hydrogen (secondary N) is 2. The van der Waals surface area contributed by atoms with Crippen molar-refractivity contribution in [2.75, 3.05) is 32.7 Å². The third-order valence-corrected chi connectivity index (χ3v) is 5.65. The summed E-state index contributed by atoms with van der Waals surface area (Å²) in [5, 5.41) is 6.48. The predicted octanol–water partition coefficient (Wildman–Crippen LogP) is 2.67. The standard InChI is InChI=1S/C21H32N4O/c1-4-22-20(23-13-17(3)18-8-6-16(2)7-9-18)25-11-5-10-21(15-25)12-19(26)24-14-21/h6-9,17H,4-5,10-15H2,1-3H3,(H,22,23)(H,24,26). The molecule has 5 nitrogen and oxygen atoms in total. The average molecular weight is 357 g/mol. The Balaban J connectivity index is 1.68. The van der Waals surface area contributed by atoms with Gasteiger partial charge in [0, 0.05) is 50.5 Å². The van der Waals surface area contributed by atoms with Gasteiger partial charge >= 0.3 is 0 Å². The monoisotopic (exact) mass is 356 g/mol. The Hall–Kier alpha value is -2.04. The van der Waals surface area contributed by atoms with Gasteiger partial charge in [-0.1, -0.05) is 36.8 Å². The number of nitrogens with zero attached hydrogens (tertiary/aromatic N) is 2. The van der Waals surface area contributed by atoms with Crippen molar-refractivity contribution < 1.29 is 4.79 Å². The number of guanidine groups is 1. The minimum atomic E-state index is 0.0914. The van der Waals surface area contributed by atoms with Crippen molar-refractivity contribution >= 4 is 11.9 Å². The zero-order valence-corrected chi connectivity index (χ0v) is 16.3. The molecule has 26 heavy (non-hydrogen) atoms. The zero-order chi connectivity index (χ0) is 18.6. The molecule has 2 fully saturated rings. The number of benzene rings is 1. The molecule has 0 aliphatic carbocycles. The van der Waals surface area contributed by atoms with Crippen molar-refractivity contribution in [2.24, 2.45) is 10.4 Å². The first-order valence-electron chi connectivity index (χ1n) is 9.88. The van der Waals surface area contributed by atoms with Gasteiger partial charge in [0.2, 0.25) is 5.91 Å². The molecule has 2 saturated heterocycles.